The van der Waals surface area contributed by atoms with E-state index in [1.807, 2.05) is 20.8 Å². The maximum absolute atomic E-state index is 9.60. The van der Waals surface area contributed by atoms with Crippen molar-refractivity contribution in [2.24, 2.45) is 11.3 Å². The summed E-state index contributed by atoms with van der Waals surface area (Å²) in [6, 6.07) is 0. The molecule has 2 heteroatoms. The highest BCUT2D eigenvalue weighted by atomic mass is 16.6. The van der Waals surface area contributed by atoms with Gasteiger partial charge in [0.15, 0.2) is 6.29 Å². The van der Waals surface area contributed by atoms with E-state index in [4.69, 9.17) is 4.74 Å². The van der Waals surface area contributed by atoms with Crippen LogP contribution in [0.4, 0.5) is 0 Å². The molecule has 0 aromatic carbocycles. The summed E-state index contributed by atoms with van der Waals surface area (Å²) in [7, 11) is 0. The number of rotatable bonds is 5. The second kappa shape index (κ2) is 4.83. The smallest absolute Gasteiger partial charge is 0.159 e. The predicted molar refractivity (Wildman–Crippen MR) is 50.9 cm³/mol. The van der Waals surface area contributed by atoms with Gasteiger partial charge in [-0.25, -0.2) is 0 Å². The van der Waals surface area contributed by atoms with Gasteiger partial charge in [-0.3, -0.25) is 0 Å². The van der Waals surface area contributed by atoms with E-state index in [0.717, 1.165) is 6.42 Å². The molecule has 0 saturated carbocycles. The van der Waals surface area contributed by atoms with Crippen molar-refractivity contribution in [1.29, 1.82) is 0 Å². The molecule has 0 fully saturated rings. The highest BCUT2D eigenvalue weighted by Crippen LogP contribution is 2.29. The molecule has 0 rings (SSSR count). The Morgan fingerprint density at radius 2 is 1.83 bits per heavy atom. The summed E-state index contributed by atoms with van der Waals surface area (Å²) in [6.45, 7) is 10.8. The van der Waals surface area contributed by atoms with Crippen LogP contribution in [-0.2, 0) is 4.74 Å². The molecule has 74 valence electrons. The Bertz CT molecular complexity index is 119. The Balaban J connectivity index is 3.99. The third kappa shape index (κ3) is 4.07. The molecule has 12 heavy (non-hydrogen) atoms. The van der Waals surface area contributed by atoms with Crippen molar-refractivity contribution in [1.82, 2.24) is 0 Å². The van der Waals surface area contributed by atoms with Gasteiger partial charge in [-0.2, -0.15) is 0 Å². The Kier molecular flexibility index (Phi) is 4.80. The van der Waals surface area contributed by atoms with Crippen molar-refractivity contribution < 1.29 is 9.84 Å². The van der Waals surface area contributed by atoms with Gasteiger partial charge < -0.3 is 9.84 Å². The molecular formula is C10H22O2. The average Bonchev–Trinajstić information content (AvgIpc) is 1.85. The van der Waals surface area contributed by atoms with Crippen LogP contribution in [0.25, 0.3) is 0 Å². The molecule has 1 N–H and O–H groups in total. The molecule has 0 aromatic rings. The number of hydrogen-bond donors (Lipinski definition) is 1. The lowest BCUT2D eigenvalue weighted by atomic mass is 9.83. The zero-order valence-electron chi connectivity index (χ0n) is 8.92. The second-order valence-electron chi connectivity index (χ2n) is 4.39. The number of ether oxygens (including phenoxy) is 1. The fraction of sp³-hybridized carbons (Fsp3) is 1.00. The molecule has 2 nitrogen and oxygen atoms in total. The lowest BCUT2D eigenvalue weighted by molar-refractivity contribution is -0.166. The van der Waals surface area contributed by atoms with Crippen molar-refractivity contribution in [3.8, 4) is 0 Å². The number of aliphatic hydroxyl groups is 1. The van der Waals surface area contributed by atoms with Crippen molar-refractivity contribution in [2.45, 2.75) is 47.3 Å². The topological polar surface area (TPSA) is 29.5 Å². The van der Waals surface area contributed by atoms with E-state index in [1.54, 1.807) is 0 Å². The minimum atomic E-state index is -0.634. The van der Waals surface area contributed by atoms with Gasteiger partial charge in [-0.15, -0.1) is 0 Å². The van der Waals surface area contributed by atoms with Crippen LogP contribution in [0.3, 0.4) is 0 Å². The van der Waals surface area contributed by atoms with Gasteiger partial charge in [0, 0.05) is 12.0 Å². The fourth-order valence-electron chi connectivity index (χ4n) is 1.54. The van der Waals surface area contributed by atoms with Crippen LogP contribution in [0.1, 0.15) is 41.0 Å². The lowest BCUT2D eigenvalue weighted by Crippen LogP contribution is -2.33. The quantitative estimate of drug-likeness (QED) is 0.649. The van der Waals surface area contributed by atoms with Crippen molar-refractivity contribution in [3.05, 3.63) is 0 Å². The van der Waals surface area contributed by atoms with E-state index in [0.29, 0.717) is 12.5 Å². The molecule has 0 radical (unpaired) electrons. The highest BCUT2D eigenvalue weighted by Gasteiger charge is 2.28. The maximum atomic E-state index is 9.60. The third-order valence-corrected chi connectivity index (χ3v) is 1.93. The molecule has 0 spiro atoms. The van der Waals surface area contributed by atoms with Crippen LogP contribution in [0.5, 0.6) is 0 Å². The van der Waals surface area contributed by atoms with Gasteiger partial charge in [0.25, 0.3) is 0 Å². The SMILES string of the molecule is CCOC(O)C(C)(C)CC(C)C. The van der Waals surface area contributed by atoms with E-state index < -0.39 is 6.29 Å². The summed E-state index contributed by atoms with van der Waals surface area (Å²) >= 11 is 0. The first-order chi connectivity index (χ1) is 5.40. The van der Waals surface area contributed by atoms with Crippen LogP contribution in [-0.4, -0.2) is 18.0 Å². The molecule has 0 amide bonds. The van der Waals surface area contributed by atoms with Gasteiger partial charge in [0.2, 0.25) is 0 Å². The maximum Gasteiger partial charge on any atom is 0.159 e. The molecule has 0 aromatic heterocycles. The minimum absolute atomic E-state index is 0.135. The summed E-state index contributed by atoms with van der Waals surface area (Å²) < 4.78 is 5.16. The monoisotopic (exact) mass is 174 g/mol. The number of hydrogen-bond acceptors (Lipinski definition) is 2. The molecule has 0 bridgehead atoms. The fourth-order valence-corrected chi connectivity index (χ4v) is 1.54. The van der Waals surface area contributed by atoms with Crippen LogP contribution < -0.4 is 0 Å². The first-order valence-electron chi connectivity index (χ1n) is 4.69. The zero-order chi connectivity index (χ0) is 9.78. The van der Waals surface area contributed by atoms with E-state index >= 15 is 0 Å². The summed E-state index contributed by atoms with van der Waals surface area (Å²) in [4.78, 5) is 0. The first kappa shape index (κ1) is 11.9. The van der Waals surface area contributed by atoms with Gasteiger partial charge >= 0.3 is 0 Å². The molecule has 0 aliphatic heterocycles. The minimum Gasteiger partial charge on any atom is -0.368 e. The van der Waals surface area contributed by atoms with Gasteiger partial charge in [0.05, 0.1) is 0 Å². The Morgan fingerprint density at radius 3 is 2.17 bits per heavy atom. The standard InChI is InChI=1S/C10H22O2/c1-6-12-9(11)10(4,5)7-8(2)3/h8-9,11H,6-7H2,1-5H3. The van der Waals surface area contributed by atoms with Gasteiger partial charge in [0.1, 0.15) is 0 Å². The molecule has 0 saturated heterocycles. The lowest BCUT2D eigenvalue weighted by Gasteiger charge is -2.31. The highest BCUT2D eigenvalue weighted by molar-refractivity contribution is 4.73. The Morgan fingerprint density at radius 1 is 1.33 bits per heavy atom. The van der Waals surface area contributed by atoms with Crippen molar-refractivity contribution >= 4 is 0 Å². The summed E-state index contributed by atoms with van der Waals surface area (Å²) in [5.41, 5.74) is -0.135. The van der Waals surface area contributed by atoms with E-state index in [2.05, 4.69) is 13.8 Å². The summed E-state index contributed by atoms with van der Waals surface area (Å²) in [5.74, 6) is 0.593. The molecular weight excluding hydrogens is 152 g/mol. The van der Waals surface area contributed by atoms with Crippen molar-refractivity contribution in [2.75, 3.05) is 6.61 Å². The molecule has 0 aliphatic rings. The first-order valence-corrected chi connectivity index (χ1v) is 4.69. The molecule has 1 unspecified atom stereocenters. The second-order valence-corrected chi connectivity index (χ2v) is 4.39. The van der Waals surface area contributed by atoms with Crippen LogP contribution in [0.2, 0.25) is 0 Å². The van der Waals surface area contributed by atoms with Crippen molar-refractivity contribution in [3.63, 3.8) is 0 Å². The number of aliphatic hydroxyl groups excluding tert-OH is 1. The van der Waals surface area contributed by atoms with Gasteiger partial charge in [-0.05, 0) is 19.3 Å². The Labute approximate surface area is 75.9 Å². The predicted octanol–water partition coefficient (Wildman–Crippen LogP) is 2.41. The molecule has 0 heterocycles. The normalized spacial score (nSPS) is 15.2. The zero-order valence-corrected chi connectivity index (χ0v) is 8.92. The summed E-state index contributed by atoms with van der Waals surface area (Å²) in [6.07, 6.45) is 0.346. The van der Waals surface area contributed by atoms with Crippen LogP contribution in [0, 0.1) is 11.3 Å². The largest absolute Gasteiger partial charge is 0.368 e. The molecule has 0 aliphatic carbocycles. The molecule has 1 atom stereocenters. The van der Waals surface area contributed by atoms with E-state index in [9.17, 15) is 5.11 Å². The third-order valence-electron chi connectivity index (χ3n) is 1.93. The van der Waals surface area contributed by atoms with Crippen LogP contribution in [0.15, 0.2) is 0 Å². The Hall–Kier alpha value is -0.0800. The van der Waals surface area contributed by atoms with E-state index in [-0.39, 0.29) is 5.41 Å². The van der Waals surface area contributed by atoms with Crippen LogP contribution >= 0.6 is 0 Å². The van der Waals surface area contributed by atoms with Gasteiger partial charge in [-0.1, -0.05) is 27.7 Å². The van der Waals surface area contributed by atoms with E-state index in [1.165, 1.54) is 0 Å². The average molecular weight is 174 g/mol. The summed E-state index contributed by atoms with van der Waals surface area (Å²) in [5, 5.41) is 9.60.